The maximum atomic E-state index is 11.2. The van der Waals surface area contributed by atoms with Crippen LogP contribution in [-0.4, -0.2) is 20.6 Å². The highest BCUT2D eigenvalue weighted by Gasteiger charge is 2.06. The Labute approximate surface area is 101 Å². The average Bonchev–Trinajstić information content (AvgIpc) is 2.26. The molecule has 1 aromatic rings. The van der Waals surface area contributed by atoms with Gasteiger partial charge in [0.25, 0.3) is 5.91 Å². The molecular formula is C12H13NO3S. The molecule has 0 bridgehead atoms. The number of hydrogen-bond donors (Lipinski definition) is 1. The third-order valence-corrected chi connectivity index (χ3v) is 3.17. The summed E-state index contributed by atoms with van der Waals surface area (Å²) in [4.78, 5) is 11.3. The van der Waals surface area contributed by atoms with Crippen molar-refractivity contribution in [2.24, 2.45) is 0 Å². The summed E-state index contributed by atoms with van der Waals surface area (Å²) in [6.07, 6.45) is 1.15. The number of sulfone groups is 1. The lowest BCUT2D eigenvalue weighted by Gasteiger charge is -2.03. The number of carbonyl (C=O) groups is 1. The smallest absolute Gasteiger partial charge is 0.296 e. The topological polar surface area (TPSA) is 63.2 Å². The molecule has 0 aliphatic heterocycles. The molecule has 0 unspecified atom stereocenters. The summed E-state index contributed by atoms with van der Waals surface area (Å²) in [7, 11) is -3.17. The van der Waals surface area contributed by atoms with Crippen LogP contribution in [0.4, 0.5) is 0 Å². The van der Waals surface area contributed by atoms with Crippen molar-refractivity contribution < 1.29 is 13.2 Å². The molecule has 4 nitrogen and oxygen atoms in total. The second-order valence-electron chi connectivity index (χ2n) is 3.47. The zero-order valence-corrected chi connectivity index (χ0v) is 10.5. The summed E-state index contributed by atoms with van der Waals surface area (Å²) in [5, 5.41) is 2.60. The number of benzene rings is 1. The molecule has 0 aliphatic carbocycles. The molecule has 0 saturated carbocycles. The molecule has 0 fully saturated rings. The molecule has 1 rings (SSSR count). The summed E-state index contributed by atoms with van der Waals surface area (Å²) in [6.45, 7) is 1.91. The van der Waals surface area contributed by atoms with Crippen LogP contribution in [0, 0.1) is 11.8 Å². The van der Waals surface area contributed by atoms with Crippen molar-refractivity contribution >= 4 is 15.7 Å². The molecule has 0 aliphatic rings. The van der Waals surface area contributed by atoms with Gasteiger partial charge < -0.3 is 5.32 Å². The molecular weight excluding hydrogens is 238 g/mol. The summed E-state index contributed by atoms with van der Waals surface area (Å²) in [5.74, 6) is 4.50. The fourth-order valence-corrected chi connectivity index (χ4v) is 1.83. The first kappa shape index (κ1) is 13.3. The molecule has 0 spiro atoms. The van der Waals surface area contributed by atoms with Gasteiger partial charge >= 0.3 is 0 Å². The van der Waals surface area contributed by atoms with Gasteiger partial charge in [-0.05, 0) is 30.5 Å². The largest absolute Gasteiger partial charge is 0.341 e. The van der Waals surface area contributed by atoms with Crippen LogP contribution in [0.25, 0.3) is 0 Å². The Hall–Kier alpha value is -1.80. The SMILES string of the molecule is CC#CC(=O)NCc1ccc(S(C)(=O)=O)cc1. The molecule has 90 valence electrons. The van der Waals surface area contributed by atoms with E-state index in [1.807, 2.05) is 0 Å². The summed E-state index contributed by atoms with van der Waals surface area (Å²) < 4.78 is 22.4. The number of carbonyl (C=O) groups excluding carboxylic acids is 1. The van der Waals surface area contributed by atoms with Crippen molar-refractivity contribution in [1.82, 2.24) is 5.32 Å². The standard InChI is InChI=1S/C12H13NO3S/c1-3-4-12(14)13-9-10-5-7-11(8-6-10)17(2,15)16/h5-8H,9H2,1-2H3,(H,13,14). The molecule has 0 radical (unpaired) electrons. The molecule has 0 atom stereocenters. The van der Waals surface area contributed by atoms with E-state index >= 15 is 0 Å². The van der Waals surface area contributed by atoms with Gasteiger partial charge in [-0.3, -0.25) is 4.79 Å². The lowest BCUT2D eigenvalue weighted by atomic mass is 10.2. The lowest BCUT2D eigenvalue weighted by molar-refractivity contribution is -0.115. The first-order chi connectivity index (χ1) is 7.93. The maximum Gasteiger partial charge on any atom is 0.296 e. The third-order valence-electron chi connectivity index (χ3n) is 2.04. The van der Waals surface area contributed by atoms with Crippen molar-refractivity contribution in [2.45, 2.75) is 18.4 Å². The Morgan fingerprint density at radius 1 is 1.29 bits per heavy atom. The van der Waals surface area contributed by atoms with E-state index in [-0.39, 0.29) is 10.8 Å². The van der Waals surface area contributed by atoms with Gasteiger partial charge in [-0.25, -0.2) is 8.42 Å². The zero-order valence-electron chi connectivity index (χ0n) is 9.65. The van der Waals surface area contributed by atoms with Crippen LogP contribution in [-0.2, 0) is 21.2 Å². The molecule has 0 saturated heterocycles. The van der Waals surface area contributed by atoms with E-state index in [4.69, 9.17) is 0 Å². The predicted molar refractivity (Wildman–Crippen MR) is 64.8 cm³/mol. The molecule has 0 heterocycles. The van der Waals surface area contributed by atoms with Crippen LogP contribution >= 0.6 is 0 Å². The van der Waals surface area contributed by atoms with Crippen molar-refractivity contribution in [2.75, 3.05) is 6.26 Å². The Kier molecular flexibility index (Phi) is 4.30. The quantitative estimate of drug-likeness (QED) is 0.805. The fraction of sp³-hybridized carbons (Fsp3) is 0.250. The van der Waals surface area contributed by atoms with Gasteiger partial charge in [-0.15, -0.1) is 0 Å². The summed E-state index contributed by atoms with van der Waals surface area (Å²) in [6, 6.07) is 6.36. The van der Waals surface area contributed by atoms with Gasteiger partial charge in [0.2, 0.25) is 0 Å². The number of hydrogen-bond acceptors (Lipinski definition) is 3. The van der Waals surface area contributed by atoms with Crippen LogP contribution in [0.15, 0.2) is 29.2 Å². The van der Waals surface area contributed by atoms with Crippen LogP contribution < -0.4 is 5.32 Å². The molecule has 17 heavy (non-hydrogen) atoms. The highest BCUT2D eigenvalue weighted by Crippen LogP contribution is 2.09. The molecule has 1 N–H and O–H groups in total. The van der Waals surface area contributed by atoms with Gasteiger partial charge in [-0.1, -0.05) is 18.1 Å². The second kappa shape index (κ2) is 5.51. The first-order valence-electron chi connectivity index (χ1n) is 4.93. The Morgan fingerprint density at radius 3 is 2.35 bits per heavy atom. The van der Waals surface area contributed by atoms with Crippen LogP contribution in [0.5, 0.6) is 0 Å². The fourth-order valence-electron chi connectivity index (χ4n) is 1.19. The molecule has 5 heteroatoms. The van der Waals surface area contributed by atoms with Crippen molar-refractivity contribution in [3.8, 4) is 11.8 Å². The number of rotatable bonds is 3. The van der Waals surface area contributed by atoms with Gasteiger partial charge in [0.1, 0.15) is 0 Å². The second-order valence-corrected chi connectivity index (χ2v) is 5.49. The van der Waals surface area contributed by atoms with E-state index < -0.39 is 9.84 Å². The van der Waals surface area contributed by atoms with Crippen LogP contribution in [0.3, 0.4) is 0 Å². The minimum absolute atomic E-state index is 0.265. The van der Waals surface area contributed by atoms with Gasteiger partial charge in [0.05, 0.1) is 4.90 Å². The van der Waals surface area contributed by atoms with E-state index in [0.717, 1.165) is 11.8 Å². The normalized spacial score (nSPS) is 10.2. The monoisotopic (exact) mass is 251 g/mol. The Bertz CT molecular complexity index is 562. The third kappa shape index (κ3) is 4.29. The Balaban J connectivity index is 2.69. The number of amides is 1. The highest BCUT2D eigenvalue weighted by molar-refractivity contribution is 7.90. The van der Waals surface area contributed by atoms with Gasteiger partial charge in [-0.2, -0.15) is 0 Å². The predicted octanol–water partition coefficient (Wildman–Crippen LogP) is 0.730. The van der Waals surface area contributed by atoms with E-state index in [0.29, 0.717) is 6.54 Å². The lowest BCUT2D eigenvalue weighted by Crippen LogP contribution is -2.20. The minimum Gasteiger partial charge on any atom is -0.341 e. The number of nitrogens with one attached hydrogen (secondary N) is 1. The van der Waals surface area contributed by atoms with Crippen molar-refractivity contribution in [1.29, 1.82) is 0 Å². The van der Waals surface area contributed by atoms with E-state index in [1.54, 1.807) is 19.1 Å². The van der Waals surface area contributed by atoms with E-state index in [9.17, 15) is 13.2 Å². The molecule has 0 aromatic heterocycles. The highest BCUT2D eigenvalue weighted by atomic mass is 32.2. The van der Waals surface area contributed by atoms with Crippen LogP contribution in [0.2, 0.25) is 0 Å². The van der Waals surface area contributed by atoms with Gasteiger partial charge in [0, 0.05) is 12.8 Å². The molecule has 1 aromatic carbocycles. The average molecular weight is 251 g/mol. The van der Waals surface area contributed by atoms with E-state index in [2.05, 4.69) is 17.2 Å². The minimum atomic E-state index is -3.17. The molecule has 1 amide bonds. The summed E-state index contributed by atoms with van der Waals surface area (Å²) >= 11 is 0. The van der Waals surface area contributed by atoms with Crippen LogP contribution in [0.1, 0.15) is 12.5 Å². The first-order valence-corrected chi connectivity index (χ1v) is 6.82. The zero-order chi connectivity index (χ0) is 12.9. The van der Waals surface area contributed by atoms with E-state index in [1.165, 1.54) is 12.1 Å². The van der Waals surface area contributed by atoms with Crippen molar-refractivity contribution in [3.05, 3.63) is 29.8 Å². The maximum absolute atomic E-state index is 11.2. The van der Waals surface area contributed by atoms with Gasteiger partial charge in [0.15, 0.2) is 9.84 Å². The van der Waals surface area contributed by atoms with Crippen molar-refractivity contribution in [3.63, 3.8) is 0 Å². The summed E-state index contributed by atoms with van der Waals surface area (Å²) in [5.41, 5.74) is 0.823. The Morgan fingerprint density at radius 2 is 1.88 bits per heavy atom.